The molecule has 2 N–H and O–H groups in total. The highest BCUT2D eigenvalue weighted by Crippen LogP contribution is 2.03. The molecule has 0 heterocycles. The number of rotatable bonds is 8. The Morgan fingerprint density at radius 1 is 1.13 bits per heavy atom. The first-order valence-corrected chi connectivity index (χ1v) is 6.21. The maximum atomic E-state index is 11.9. The summed E-state index contributed by atoms with van der Waals surface area (Å²) in [4.78, 5) is 13.8. The van der Waals surface area contributed by atoms with Crippen molar-refractivity contribution in [2.24, 2.45) is 5.73 Å². The van der Waals surface area contributed by atoms with Gasteiger partial charge in [-0.2, -0.15) is 0 Å². The summed E-state index contributed by atoms with van der Waals surface area (Å²) >= 11 is 0. The number of amides is 1. The van der Waals surface area contributed by atoms with Crippen LogP contribution in [0.3, 0.4) is 0 Å². The first-order chi connectivity index (χ1) is 7.17. The van der Waals surface area contributed by atoms with Crippen LogP contribution in [0.2, 0.25) is 0 Å². The van der Waals surface area contributed by atoms with E-state index in [9.17, 15) is 4.79 Å². The topological polar surface area (TPSA) is 46.3 Å². The predicted molar refractivity (Wildman–Crippen MR) is 64.7 cm³/mol. The van der Waals surface area contributed by atoms with Crippen LogP contribution in [0, 0.1) is 0 Å². The highest BCUT2D eigenvalue weighted by Gasteiger charge is 2.18. The van der Waals surface area contributed by atoms with Crippen LogP contribution in [0.15, 0.2) is 0 Å². The number of unbranched alkanes of at least 4 members (excludes halogenated alkanes) is 2. The molecule has 15 heavy (non-hydrogen) atoms. The summed E-state index contributed by atoms with van der Waals surface area (Å²) in [6, 6.07) is -0.307. The molecule has 0 fully saturated rings. The molecule has 1 amide bonds. The summed E-state index contributed by atoms with van der Waals surface area (Å²) in [7, 11) is 0. The van der Waals surface area contributed by atoms with Crippen molar-refractivity contribution in [2.75, 3.05) is 13.1 Å². The maximum Gasteiger partial charge on any atom is 0.239 e. The molecule has 0 radical (unpaired) electrons. The van der Waals surface area contributed by atoms with E-state index in [-0.39, 0.29) is 11.9 Å². The van der Waals surface area contributed by atoms with Gasteiger partial charge in [-0.3, -0.25) is 4.79 Å². The second-order valence-corrected chi connectivity index (χ2v) is 4.05. The molecule has 90 valence electrons. The lowest BCUT2D eigenvalue weighted by Crippen LogP contribution is -2.44. The third kappa shape index (κ3) is 5.78. The van der Waals surface area contributed by atoms with Gasteiger partial charge in [0.2, 0.25) is 5.91 Å². The Balaban J connectivity index is 4.13. The molecule has 0 aliphatic heterocycles. The number of carbonyl (C=O) groups is 1. The molecule has 1 atom stereocenters. The van der Waals surface area contributed by atoms with E-state index in [2.05, 4.69) is 13.8 Å². The van der Waals surface area contributed by atoms with E-state index in [4.69, 9.17) is 5.73 Å². The summed E-state index contributed by atoms with van der Waals surface area (Å²) in [5.41, 5.74) is 5.77. The first-order valence-electron chi connectivity index (χ1n) is 6.21. The lowest BCUT2D eigenvalue weighted by atomic mass is 10.2. The minimum atomic E-state index is -0.307. The quantitative estimate of drug-likeness (QED) is 0.673. The van der Waals surface area contributed by atoms with E-state index in [1.54, 1.807) is 0 Å². The van der Waals surface area contributed by atoms with Crippen LogP contribution in [0.4, 0.5) is 0 Å². The lowest BCUT2D eigenvalue weighted by molar-refractivity contribution is -0.132. The SMILES string of the molecule is CCCCN(CCCC)C(=O)[C@@H](N)CC. The zero-order valence-electron chi connectivity index (χ0n) is 10.5. The van der Waals surface area contributed by atoms with Crippen LogP contribution in [0.1, 0.15) is 52.9 Å². The predicted octanol–water partition coefficient (Wildman–Crippen LogP) is 2.15. The monoisotopic (exact) mass is 214 g/mol. The molecule has 0 aromatic heterocycles. The van der Waals surface area contributed by atoms with Crippen molar-refractivity contribution in [3.63, 3.8) is 0 Å². The largest absolute Gasteiger partial charge is 0.341 e. The molecular formula is C12H26N2O. The summed E-state index contributed by atoms with van der Waals surface area (Å²) < 4.78 is 0. The fourth-order valence-corrected chi connectivity index (χ4v) is 1.44. The van der Waals surface area contributed by atoms with Gasteiger partial charge in [-0.15, -0.1) is 0 Å². The van der Waals surface area contributed by atoms with Gasteiger partial charge < -0.3 is 10.6 Å². The fourth-order valence-electron chi connectivity index (χ4n) is 1.44. The van der Waals surface area contributed by atoms with Gasteiger partial charge >= 0.3 is 0 Å². The average Bonchev–Trinajstić information content (AvgIpc) is 2.27. The van der Waals surface area contributed by atoms with Gasteiger partial charge in [0.25, 0.3) is 0 Å². The Labute approximate surface area is 94.0 Å². The zero-order valence-corrected chi connectivity index (χ0v) is 10.5. The number of hydrogen-bond acceptors (Lipinski definition) is 2. The molecule has 0 aromatic rings. The normalized spacial score (nSPS) is 12.5. The van der Waals surface area contributed by atoms with E-state index in [1.165, 1.54) is 0 Å². The van der Waals surface area contributed by atoms with Gasteiger partial charge in [0.1, 0.15) is 0 Å². The van der Waals surface area contributed by atoms with Crippen LogP contribution >= 0.6 is 0 Å². The number of carbonyl (C=O) groups excluding carboxylic acids is 1. The summed E-state index contributed by atoms with van der Waals surface area (Å²) in [5.74, 6) is 0.124. The maximum absolute atomic E-state index is 11.9. The zero-order chi connectivity index (χ0) is 11.7. The molecule has 0 saturated heterocycles. The molecule has 0 aromatic carbocycles. The number of hydrogen-bond donors (Lipinski definition) is 1. The summed E-state index contributed by atoms with van der Waals surface area (Å²) in [6.45, 7) is 7.97. The molecule has 0 spiro atoms. The fraction of sp³-hybridized carbons (Fsp3) is 0.917. The second-order valence-electron chi connectivity index (χ2n) is 4.05. The van der Waals surface area contributed by atoms with E-state index in [0.717, 1.165) is 45.2 Å². The average molecular weight is 214 g/mol. The Morgan fingerprint density at radius 2 is 1.60 bits per heavy atom. The number of nitrogens with zero attached hydrogens (tertiary/aromatic N) is 1. The van der Waals surface area contributed by atoms with Crippen molar-refractivity contribution in [2.45, 2.75) is 58.9 Å². The molecule has 0 aliphatic rings. The van der Waals surface area contributed by atoms with Gasteiger partial charge in [0, 0.05) is 13.1 Å². The van der Waals surface area contributed by atoms with Gasteiger partial charge in [-0.05, 0) is 19.3 Å². The summed E-state index contributed by atoms with van der Waals surface area (Å²) in [6.07, 6.45) is 5.12. The third-order valence-corrected chi connectivity index (χ3v) is 2.63. The highest BCUT2D eigenvalue weighted by molar-refractivity contribution is 5.81. The van der Waals surface area contributed by atoms with Crippen molar-refractivity contribution < 1.29 is 4.79 Å². The van der Waals surface area contributed by atoms with Crippen LogP contribution in [0.5, 0.6) is 0 Å². The van der Waals surface area contributed by atoms with Crippen molar-refractivity contribution in [3.8, 4) is 0 Å². The van der Waals surface area contributed by atoms with Crippen molar-refractivity contribution in [3.05, 3.63) is 0 Å². The molecule has 0 saturated carbocycles. The van der Waals surface area contributed by atoms with E-state index >= 15 is 0 Å². The Kier molecular flexibility index (Phi) is 8.38. The molecule has 3 nitrogen and oxygen atoms in total. The second kappa shape index (κ2) is 8.72. The number of nitrogens with two attached hydrogens (primary N) is 1. The van der Waals surface area contributed by atoms with Crippen molar-refractivity contribution in [1.82, 2.24) is 4.90 Å². The molecule has 0 unspecified atom stereocenters. The van der Waals surface area contributed by atoms with Gasteiger partial charge in [-0.1, -0.05) is 33.6 Å². The standard InChI is InChI=1S/C12H26N2O/c1-4-7-9-14(10-8-5-2)12(15)11(13)6-3/h11H,4-10,13H2,1-3H3/t11-/m0/s1. The highest BCUT2D eigenvalue weighted by atomic mass is 16.2. The van der Waals surface area contributed by atoms with Crippen molar-refractivity contribution >= 4 is 5.91 Å². The van der Waals surface area contributed by atoms with E-state index in [0.29, 0.717) is 0 Å². The van der Waals surface area contributed by atoms with Crippen LogP contribution in [-0.2, 0) is 4.79 Å². The Morgan fingerprint density at radius 3 is 1.93 bits per heavy atom. The van der Waals surface area contributed by atoms with Crippen molar-refractivity contribution in [1.29, 1.82) is 0 Å². The van der Waals surface area contributed by atoms with Gasteiger partial charge in [-0.25, -0.2) is 0 Å². The summed E-state index contributed by atoms with van der Waals surface area (Å²) in [5, 5.41) is 0. The smallest absolute Gasteiger partial charge is 0.239 e. The van der Waals surface area contributed by atoms with Crippen LogP contribution in [-0.4, -0.2) is 29.9 Å². The van der Waals surface area contributed by atoms with Gasteiger partial charge in [0.05, 0.1) is 6.04 Å². The van der Waals surface area contributed by atoms with Crippen LogP contribution < -0.4 is 5.73 Å². The molecular weight excluding hydrogens is 188 g/mol. The van der Waals surface area contributed by atoms with Gasteiger partial charge in [0.15, 0.2) is 0 Å². The molecule has 0 bridgehead atoms. The molecule has 0 aliphatic carbocycles. The van der Waals surface area contributed by atoms with E-state index < -0.39 is 0 Å². The Bertz CT molecular complexity index is 163. The molecule has 3 heteroatoms. The Hall–Kier alpha value is -0.570. The first kappa shape index (κ1) is 14.4. The minimum absolute atomic E-state index is 0.124. The molecule has 0 rings (SSSR count). The minimum Gasteiger partial charge on any atom is -0.341 e. The third-order valence-electron chi connectivity index (χ3n) is 2.63. The van der Waals surface area contributed by atoms with E-state index in [1.807, 2.05) is 11.8 Å². The lowest BCUT2D eigenvalue weighted by Gasteiger charge is -2.25. The van der Waals surface area contributed by atoms with Crippen LogP contribution in [0.25, 0.3) is 0 Å².